The summed E-state index contributed by atoms with van der Waals surface area (Å²) in [6, 6.07) is 3.18. The molecule has 0 aliphatic carbocycles. The van der Waals surface area contributed by atoms with Crippen LogP contribution in [-0.2, 0) is 9.53 Å². The topological polar surface area (TPSA) is 65.1 Å². The molecule has 2 heterocycles. The van der Waals surface area contributed by atoms with Crippen molar-refractivity contribution in [2.75, 3.05) is 32.7 Å². The average Bonchev–Trinajstić information content (AvgIpc) is 3.02. The van der Waals surface area contributed by atoms with Crippen molar-refractivity contribution in [3.63, 3.8) is 0 Å². The molecular weight excluding hydrogens is 330 g/mol. The van der Waals surface area contributed by atoms with Crippen molar-refractivity contribution >= 4 is 35.2 Å². The van der Waals surface area contributed by atoms with Gasteiger partial charge >= 0.3 is 5.97 Å². The summed E-state index contributed by atoms with van der Waals surface area (Å²) in [5, 5.41) is -0.0126. The zero-order valence-corrected chi connectivity index (χ0v) is 13.4. The summed E-state index contributed by atoms with van der Waals surface area (Å²) in [7, 11) is 1.35. The zero-order chi connectivity index (χ0) is 15.7. The first kappa shape index (κ1) is 15.3. The molecule has 0 N–H and O–H groups in total. The number of thioether (sulfide) groups is 1. The fourth-order valence-electron chi connectivity index (χ4n) is 2.38. The molecule has 0 unspecified atom stereocenters. The van der Waals surface area contributed by atoms with Crippen molar-refractivity contribution < 1.29 is 23.8 Å². The number of ether oxygens (including phenoxy) is 3. The Morgan fingerprint density at radius 3 is 3.00 bits per heavy atom. The van der Waals surface area contributed by atoms with Gasteiger partial charge in [0.25, 0.3) is 5.91 Å². The molecule has 118 valence electrons. The minimum atomic E-state index is -0.354. The third-order valence-corrected chi connectivity index (χ3v) is 4.93. The second-order valence-electron chi connectivity index (χ2n) is 4.83. The number of benzene rings is 1. The summed E-state index contributed by atoms with van der Waals surface area (Å²) in [5.74, 6) is 1.11. The molecule has 1 atom stereocenters. The van der Waals surface area contributed by atoms with Crippen molar-refractivity contribution in [3.05, 3.63) is 22.7 Å². The minimum Gasteiger partial charge on any atom is -0.468 e. The number of carbonyl (C=O) groups excluding carboxylic acids is 2. The van der Waals surface area contributed by atoms with Crippen LogP contribution in [-0.4, -0.2) is 54.8 Å². The number of rotatable bonds is 2. The van der Waals surface area contributed by atoms with Gasteiger partial charge in [-0.25, -0.2) is 0 Å². The van der Waals surface area contributed by atoms with Gasteiger partial charge in [0.15, 0.2) is 11.5 Å². The lowest BCUT2D eigenvalue weighted by Crippen LogP contribution is -2.44. The van der Waals surface area contributed by atoms with Gasteiger partial charge in [-0.05, 0) is 12.1 Å². The predicted octanol–water partition coefficient (Wildman–Crippen LogP) is 1.80. The fraction of sp³-hybridized carbons (Fsp3) is 0.429. The molecule has 2 aliphatic heterocycles. The van der Waals surface area contributed by atoms with Crippen LogP contribution in [0.25, 0.3) is 0 Å². The first-order chi connectivity index (χ1) is 10.6. The second kappa shape index (κ2) is 6.26. The number of nitrogens with zero attached hydrogens (tertiary/aromatic N) is 1. The summed E-state index contributed by atoms with van der Waals surface area (Å²) in [5.41, 5.74) is 0.421. The van der Waals surface area contributed by atoms with Crippen LogP contribution in [0.5, 0.6) is 11.5 Å². The first-order valence-electron chi connectivity index (χ1n) is 6.68. The van der Waals surface area contributed by atoms with E-state index in [2.05, 4.69) is 0 Å². The molecule has 1 amide bonds. The van der Waals surface area contributed by atoms with Gasteiger partial charge in [0, 0.05) is 24.4 Å². The molecule has 1 saturated heterocycles. The van der Waals surface area contributed by atoms with Gasteiger partial charge in [-0.15, -0.1) is 11.8 Å². The van der Waals surface area contributed by atoms with Crippen molar-refractivity contribution in [2.24, 2.45) is 0 Å². The summed E-state index contributed by atoms with van der Waals surface area (Å²) >= 11 is 7.60. The van der Waals surface area contributed by atoms with Gasteiger partial charge in [-0.3, -0.25) is 9.59 Å². The summed E-state index contributed by atoms with van der Waals surface area (Å²) < 4.78 is 15.3. The molecular formula is C14H14ClNO5S. The molecule has 2 aliphatic rings. The number of esters is 1. The van der Waals surface area contributed by atoms with Crippen LogP contribution in [0.1, 0.15) is 10.4 Å². The van der Waals surface area contributed by atoms with Gasteiger partial charge in [-0.1, -0.05) is 11.6 Å². The van der Waals surface area contributed by atoms with Crippen molar-refractivity contribution in [2.45, 2.75) is 5.25 Å². The Bertz CT molecular complexity index is 623. The van der Waals surface area contributed by atoms with Gasteiger partial charge in [0.05, 0.1) is 12.1 Å². The monoisotopic (exact) mass is 343 g/mol. The highest BCUT2D eigenvalue weighted by Crippen LogP contribution is 2.40. The third-order valence-electron chi connectivity index (χ3n) is 3.49. The van der Waals surface area contributed by atoms with Crippen molar-refractivity contribution in [3.8, 4) is 11.5 Å². The normalized spacial score (nSPS) is 19.9. The van der Waals surface area contributed by atoms with Crippen molar-refractivity contribution in [1.29, 1.82) is 0 Å². The first-order valence-corrected chi connectivity index (χ1v) is 8.10. The molecule has 0 aromatic heterocycles. The van der Waals surface area contributed by atoms with Crippen LogP contribution >= 0.6 is 23.4 Å². The molecule has 0 spiro atoms. The number of amides is 1. The maximum atomic E-state index is 12.6. The highest BCUT2D eigenvalue weighted by atomic mass is 35.5. The largest absolute Gasteiger partial charge is 0.468 e. The Kier molecular flexibility index (Phi) is 4.35. The zero-order valence-electron chi connectivity index (χ0n) is 11.8. The Labute approximate surface area is 136 Å². The lowest BCUT2D eigenvalue weighted by molar-refractivity contribution is -0.140. The van der Waals surface area contributed by atoms with Gasteiger partial charge in [0.2, 0.25) is 6.79 Å². The SMILES string of the molecule is COC(=O)[C@@H]1CN(C(=O)c2cc(Cl)c3c(c2)OCO3)CCS1. The van der Waals surface area contributed by atoms with E-state index in [1.807, 2.05) is 0 Å². The molecule has 3 rings (SSSR count). The van der Waals surface area contributed by atoms with E-state index >= 15 is 0 Å². The van der Waals surface area contributed by atoms with Crippen LogP contribution in [0.3, 0.4) is 0 Å². The van der Waals surface area contributed by atoms with Crippen LogP contribution in [0.2, 0.25) is 5.02 Å². The van der Waals surface area contributed by atoms with Crippen LogP contribution < -0.4 is 9.47 Å². The van der Waals surface area contributed by atoms with E-state index in [1.165, 1.54) is 18.9 Å². The molecule has 1 aromatic carbocycles. The van der Waals surface area contributed by atoms with E-state index in [1.54, 1.807) is 17.0 Å². The molecule has 0 radical (unpaired) electrons. The number of carbonyl (C=O) groups is 2. The van der Waals surface area contributed by atoms with Crippen LogP contribution in [0, 0.1) is 0 Å². The fourth-order valence-corrected chi connectivity index (χ4v) is 3.77. The summed E-state index contributed by atoms with van der Waals surface area (Å²) in [6.45, 7) is 0.989. The second-order valence-corrected chi connectivity index (χ2v) is 6.54. The molecule has 22 heavy (non-hydrogen) atoms. The van der Waals surface area contributed by atoms with E-state index in [4.69, 9.17) is 25.8 Å². The highest BCUT2D eigenvalue weighted by Gasteiger charge is 2.31. The van der Waals surface area contributed by atoms with Gasteiger partial charge in [-0.2, -0.15) is 0 Å². The number of fused-ring (bicyclic) bond motifs is 1. The molecule has 6 nitrogen and oxygen atoms in total. The summed E-state index contributed by atoms with van der Waals surface area (Å²) in [6.07, 6.45) is 0. The lowest BCUT2D eigenvalue weighted by Gasteiger charge is -2.31. The maximum absolute atomic E-state index is 12.6. The Morgan fingerprint density at radius 1 is 1.41 bits per heavy atom. The lowest BCUT2D eigenvalue weighted by atomic mass is 10.1. The van der Waals surface area contributed by atoms with Crippen molar-refractivity contribution in [1.82, 2.24) is 4.90 Å². The van der Waals surface area contributed by atoms with Crippen LogP contribution in [0.4, 0.5) is 0 Å². The summed E-state index contributed by atoms with van der Waals surface area (Å²) in [4.78, 5) is 25.9. The Balaban J connectivity index is 1.79. The van der Waals surface area contributed by atoms with Gasteiger partial charge in [0.1, 0.15) is 5.25 Å². The average molecular weight is 344 g/mol. The molecule has 1 aromatic rings. The number of methoxy groups -OCH3 is 1. The third kappa shape index (κ3) is 2.83. The van der Waals surface area contributed by atoms with E-state index in [9.17, 15) is 9.59 Å². The predicted molar refractivity (Wildman–Crippen MR) is 81.7 cm³/mol. The Morgan fingerprint density at radius 2 is 2.23 bits per heavy atom. The quantitative estimate of drug-likeness (QED) is 0.763. The van der Waals surface area contributed by atoms with E-state index in [-0.39, 0.29) is 23.9 Å². The minimum absolute atomic E-state index is 0.0947. The number of hydrogen-bond donors (Lipinski definition) is 0. The van der Waals surface area contributed by atoms with E-state index < -0.39 is 0 Å². The number of hydrogen-bond acceptors (Lipinski definition) is 6. The van der Waals surface area contributed by atoms with Crippen LogP contribution in [0.15, 0.2) is 12.1 Å². The smallest absolute Gasteiger partial charge is 0.320 e. The highest BCUT2D eigenvalue weighted by molar-refractivity contribution is 8.00. The molecule has 8 heteroatoms. The molecule has 0 saturated carbocycles. The standard InChI is InChI=1S/C14H14ClNO5S/c1-19-14(18)11-6-16(2-3-22-11)13(17)8-4-9(15)12-10(5-8)20-7-21-12/h4-5,11H,2-3,6-7H2,1H3/t11-/m0/s1. The Hall–Kier alpha value is -1.60. The van der Waals surface area contributed by atoms with E-state index in [0.717, 1.165) is 0 Å². The maximum Gasteiger partial charge on any atom is 0.320 e. The number of halogens is 1. The molecule has 1 fully saturated rings. The van der Waals surface area contributed by atoms with E-state index in [0.29, 0.717) is 40.9 Å². The van der Waals surface area contributed by atoms with Gasteiger partial charge < -0.3 is 19.1 Å². The molecule has 0 bridgehead atoms.